The minimum Gasteiger partial charge on any atom is -0.497 e. The largest absolute Gasteiger partial charge is 0.497 e. The van der Waals surface area contributed by atoms with Crippen LogP contribution in [-0.2, 0) is 9.53 Å². The maximum absolute atomic E-state index is 12.1. The van der Waals surface area contributed by atoms with Crippen molar-refractivity contribution >= 4 is 12.0 Å². The van der Waals surface area contributed by atoms with Gasteiger partial charge in [0.2, 0.25) is 0 Å². The molecule has 0 spiro atoms. The summed E-state index contributed by atoms with van der Waals surface area (Å²) in [5.41, 5.74) is 1.04. The van der Waals surface area contributed by atoms with E-state index >= 15 is 0 Å². The van der Waals surface area contributed by atoms with Gasteiger partial charge in [-0.2, -0.15) is 0 Å². The van der Waals surface area contributed by atoms with E-state index in [4.69, 9.17) is 9.47 Å². The zero-order valence-corrected chi connectivity index (χ0v) is 12.9. The van der Waals surface area contributed by atoms with E-state index in [2.05, 4.69) is 0 Å². The lowest BCUT2D eigenvalue weighted by Crippen LogP contribution is -2.25. The number of esters is 1. The Balaban J connectivity index is 2.13. The molecule has 1 aliphatic rings. The van der Waals surface area contributed by atoms with Crippen molar-refractivity contribution < 1.29 is 14.3 Å². The van der Waals surface area contributed by atoms with Gasteiger partial charge in [0, 0.05) is 0 Å². The number of rotatable bonds is 5. The van der Waals surface area contributed by atoms with Gasteiger partial charge in [0.05, 0.1) is 20.1 Å². The fraction of sp³-hybridized carbons (Fsp3) is 0.500. The topological polar surface area (TPSA) is 35.5 Å². The van der Waals surface area contributed by atoms with Gasteiger partial charge in [-0.1, -0.05) is 43.5 Å². The van der Waals surface area contributed by atoms with E-state index in [-0.39, 0.29) is 11.9 Å². The first-order valence-electron chi connectivity index (χ1n) is 7.64. The minimum absolute atomic E-state index is 0.124. The summed E-state index contributed by atoms with van der Waals surface area (Å²) in [7, 11) is 3.12. The van der Waals surface area contributed by atoms with Gasteiger partial charge in [0.25, 0.3) is 0 Å². The summed E-state index contributed by atoms with van der Waals surface area (Å²) in [5, 5.41) is 0. The van der Waals surface area contributed by atoms with E-state index in [0.717, 1.165) is 24.2 Å². The van der Waals surface area contributed by atoms with Crippen molar-refractivity contribution in [1.82, 2.24) is 0 Å². The van der Waals surface area contributed by atoms with E-state index in [9.17, 15) is 4.79 Å². The van der Waals surface area contributed by atoms with Gasteiger partial charge in [-0.15, -0.1) is 0 Å². The molecule has 0 aliphatic heterocycles. The zero-order chi connectivity index (χ0) is 15.1. The average molecular weight is 288 g/mol. The molecule has 1 aliphatic carbocycles. The third-order valence-corrected chi connectivity index (χ3v) is 4.22. The molecule has 1 saturated carbocycles. The van der Waals surface area contributed by atoms with E-state index in [1.807, 2.05) is 36.4 Å². The van der Waals surface area contributed by atoms with Crippen LogP contribution in [0.2, 0.25) is 0 Å². The van der Waals surface area contributed by atoms with Gasteiger partial charge >= 0.3 is 5.97 Å². The molecule has 0 radical (unpaired) electrons. The van der Waals surface area contributed by atoms with Crippen LogP contribution in [0.25, 0.3) is 6.08 Å². The molecule has 0 saturated heterocycles. The zero-order valence-electron chi connectivity index (χ0n) is 12.9. The number of hydrogen-bond donors (Lipinski definition) is 0. The van der Waals surface area contributed by atoms with Crippen LogP contribution in [-0.4, -0.2) is 20.2 Å². The molecule has 2 rings (SSSR count). The van der Waals surface area contributed by atoms with Crippen LogP contribution >= 0.6 is 0 Å². The maximum atomic E-state index is 12.1. The van der Waals surface area contributed by atoms with Crippen LogP contribution in [0.1, 0.15) is 37.7 Å². The van der Waals surface area contributed by atoms with Gasteiger partial charge < -0.3 is 9.47 Å². The fourth-order valence-corrected chi connectivity index (χ4v) is 3.02. The summed E-state index contributed by atoms with van der Waals surface area (Å²) in [6.45, 7) is 0. The quantitative estimate of drug-likeness (QED) is 0.766. The molecule has 0 amide bonds. The summed E-state index contributed by atoms with van der Waals surface area (Å²) in [6, 6.07) is 7.84. The van der Waals surface area contributed by atoms with Gasteiger partial charge in [0.1, 0.15) is 5.75 Å². The number of hydrogen-bond acceptors (Lipinski definition) is 3. The van der Waals surface area contributed by atoms with Crippen molar-refractivity contribution in [3.05, 3.63) is 35.9 Å². The Labute approximate surface area is 127 Å². The Hall–Kier alpha value is -1.77. The van der Waals surface area contributed by atoms with Gasteiger partial charge in [-0.3, -0.25) is 4.79 Å². The van der Waals surface area contributed by atoms with Crippen LogP contribution in [0.3, 0.4) is 0 Å². The normalized spacial score (nSPS) is 17.6. The van der Waals surface area contributed by atoms with Crippen LogP contribution in [0.15, 0.2) is 30.3 Å². The monoisotopic (exact) mass is 288 g/mol. The maximum Gasteiger partial charge on any atom is 0.312 e. The van der Waals surface area contributed by atoms with Gasteiger partial charge in [-0.05, 0) is 36.5 Å². The van der Waals surface area contributed by atoms with Crippen molar-refractivity contribution in [3.8, 4) is 5.75 Å². The predicted molar refractivity (Wildman–Crippen MR) is 84.1 cm³/mol. The molecule has 3 nitrogen and oxygen atoms in total. The number of benzene rings is 1. The van der Waals surface area contributed by atoms with Crippen molar-refractivity contribution in [3.63, 3.8) is 0 Å². The molecule has 21 heavy (non-hydrogen) atoms. The molecule has 1 fully saturated rings. The molecule has 1 unspecified atom stereocenters. The van der Waals surface area contributed by atoms with Crippen LogP contribution in [0, 0.1) is 11.8 Å². The van der Waals surface area contributed by atoms with Crippen molar-refractivity contribution in [2.75, 3.05) is 14.2 Å². The molecule has 1 aromatic carbocycles. The number of methoxy groups -OCH3 is 2. The standard InChI is InChI=1S/C18H24O3/c1-20-16-10-6-7-14(13-16)11-12-17(18(19)21-2)15-8-4-3-5-9-15/h6-7,10-13,15,17H,3-5,8-9H2,1-2H3. The molecular formula is C18H24O3. The summed E-state index contributed by atoms with van der Waals surface area (Å²) in [6.07, 6.45) is 9.93. The molecule has 0 heterocycles. The van der Waals surface area contributed by atoms with Gasteiger partial charge in [0.15, 0.2) is 0 Å². The van der Waals surface area contributed by atoms with E-state index in [1.165, 1.54) is 26.4 Å². The Morgan fingerprint density at radius 3 is 2.67 bits per heavy atom. The summed E-state index contributed by atoms with van der Waals surface area (Å²) >= 11 is 0. The fourth-order valence-electron chi connectivity index (χ4n) is 3.02. The molecule has 1 atom stereocenters. The Kier molecular flexibility index (Phi) is 5.85. The minimum atomic E-state index is -0.137. The van der Waals surface area contributed by atoms with Gasteiger partial charge in [-0.25, -0.2) is 0 Å². The highest BCUT2D eigenvalue weighted by Crippen LogP contribution is 2.32. The second-order valence-electron chi connectivity index (χ2n) is 5.58. The third-order valence-electron chi connectivity index (χ3n) is 4.22. The molecule has 0 N–H and O–H groups in total. The van der Waals surface area contributed by atoms with E-state index in [0.29, 0.717) is 5.92 Å². The molecule has 1 aromatic rings. The van der Waals surface area contributed by atoms with E-state index in [1.54, 1.807) is 7.11 Å². The lowest BCUT2D eigenvalue weighted by Gasteiger charge is -2.26. The van der Waals surface area contributed by atoms with Crippen molar-refractivity contribution in [1.29, 1.82) is 0 Å². The Morgan fingerprint density at radius 2 is 2.00 bits per heavy atom. The lowest BCUT2D eigenvalue weighted by molar-refractivity contribution is -0.145. The SMILES string of the molecule is COC(=O)C(C=Cc1cccc(OC)c1)C1CCCCC1. The lowest BCUT2D eigenvalue weighted by atomic mass is 9.79. The Bertz CT molecular complexity index is 487. The number of carbonyl (C=O) groups is 1. The number of ether oxygens (including phenoxy) is 2. The average Bonchev–Trinajstić information content (AvgIpc) is 2.56. The first kappa shape index (κ1) is 15.6. The molecule has 114 valence electrons. The highest BCUT2D eigenvalue weighted by molar-refractivity contribution is 5.76. The van der Waals surface area contributed by atoms with Crippen molar-refractivity contribution in [2.45, 2.75) is 32.1 Å². The first-order chi connectivity index (χ1) is 10.2. The highest BCUT2D eigenvalue weighted by atomic mass is 16.5. The molecule has 0 bridgehead atoms. The Morgan fingerprint density at radius 1 is 1.24 bits per heavy atom. The van der Waals surface area contributed by atoms with Crippen LogP contribution < -0.4 is 4.74 Å². The van der Waals surface area contributed by atoms with Crippen LogP contribution in [0.4, 0.5) is 0 Å². The van der Waals surface area contributed by atoms with Crippen LogP contribution in [0.5, 0.6) is 5.75 Å². The highest BCUT2D eigenvalue weighted by Gasteiger charge is 2.28. The summed E-state index contributed by atoms with van der Waals surface area (Å²) < 4.78 is 10.2. The summed E-state index contributed by atoms with van der Waals surface area (Å²) in [5.74, 6) is 0.972. The molecular weight excluding hydrogens is 264 g/mol. The number of carbonyl (C=O) groups excluding carboxylic acids is 1. The first-order valence-corrected chi connectivity index (χ1v) is 7.64. The molecule has 3 heteroatoms. The predicted octanol–water partition coefficient (Wildman–Crippen LogP) is 4.08. The second-order valence-corrected chi connectivity index (χ2v) is 5.58. The summed E-state index contributed by atoms with van der Waals surface area (Å²) in [4.78, 5) is 12.1. The van der Waals surface area contributed by atoms with E-state index < -0.39 is 0 Å². The van der Waals surface area contributed by atoms with Crippen molar-refractivity contribution in [2.24, 2.45) is 11.8 Å². The molecule has 0 aromatic heterocycles. The second kappa shape index (κ2) is 7.87. The third kappa shape index (κ3) is 4.35. The smallest absolute Gasteiger partial charge is 0.312 e.